The molecule has 0 saturated carbocycles. The van der Waals surface area contributed by atoms with E-state index in [-0.39, 0.29) is 29.3 Å². The van der Waals surface area contributed by atoms with Crippen LogP contribution in [0.5, 0.6) is 11.5 Å². The topological polar surface area (TPSA) is 65.7 Å². The summed E-state index contributed by atoms with van der Waals surface area (Å²) in [4.78, 5) is 26.8. The molecule has 0 saturated heterocycles. The summed E-state index contributed by atoms with van der Waals surface area (Å²) in [6.07, 6.45) is 0. The van der Waals surface area contributed by atoms with Crippen molar-refractivity contribution in [1.82, 2.24) is 0 Å². The predicted molar refractivity (Wildman–Crippen MR) is 138 cm³/mol. The summed E-state index contributed by atoms with van der Waals surface area (Å²) in [5.41, 5.74) is 3.18. The standard InChI is InChI=1S/C30H24O5/c1-18-15-19(2)28-25(16-18)27(32)30(29(35-28)21-11-13-22(33-3)14-12-21)34-17-26(31)24-10-6-8-20-7-4-5-9-23(20)24/h4-16H,17H2,1-3H3. The Bertz CT molecular complexity index is 1620. The summed E-state index contributed by atoms with van der Waals surface area (Å²) in [6.45, 7) is 3.53. The first-order valence-corrected chi connectivity index (χ1v) is 11.3. The number of ketones is 1. The van der Waals surface area contributed by atoms with Crippen molar-refractivity contribution in [1.29, 1.82) is 0 Å². The van der Waals surface area contributed by atoms with E-state index < -0.39 is 0 Å². The van der Waals surface area contributed by atoms with Gasteiger partial charge in [-0.2, -0.15) is 0 Å². The summed E-state index contributed by atoms with van der Waals surface area (Å²) < 4.78 is 17.5. The first kappa shape index (κ1) is 22.4. The number of hydrogen-bond donors (Lipinski definition) is 0. The zero-order chi connectivity index (χ0) is 24.5. The van der Waals surface area contributed by atoms with Gasteiger partial charge in [0.1, 0.15) is 11.3 Å². The second kappa shape index (κ2) is 9.11. The van der Waals surface area contributed by atoms with Gasteiger partial charge in [-0.1, -0.05) is 48.5 Å². The molecular weight excluding hydrogens is 440 g/mol. The number of rotatable bonds is 6. The van der Waals surface area contributed by atoms with Crippen LogP contribution < -0.4 is 14.9 Å². The monoisotopic (exact) mass is 464 g/mol. The van der Waals surface area contributed by atoms with Crippen LogP contribution in [0.4, 0.5) is 0 Å². The average Bonchev–Trinajstić information content (AvgIpc) is 2.88. The maximum atomic E-state index is 13.6. The van der Waals surface area contributed by atoms with Gasteiger partial charge in [0.05, 0.1) is 12.5 Å². The van der Waals surface area contributed by atoms with Gasteiger partial charge in [-0.25, -0.2) is 0 Å². The number of benzene rings is 4. The molecule has 174 valence electrons. The molecule has 0 aliphatic carbocycles. The van der Waals surface area contributed by atoms with E-state index >= 15 is 0 Å². The maximum Gasteiger partial charge on any atom is 0.235 e. The highest BCUT2D eigenvalue weighted by Crippen LogP contribution is 2.33. The van der Waals surface area contributed by atoms with Crippen LogP contribution in [-0.4, -0.2) is 19.5 Å². The molecule has 5 rings (SSSR count). The fourth-order valence-corrected chi connectivity index (χ4v) is 4.38. The molecule has 35 heavy (non-hydrogen) atoms. The summed E-state index contributed by atoms with van der Waals surface area (Å²) in [5.74, 6) is 0.753. The SMILES string of the molecule is COc1ccc(-c2oc3c(C)cc(C)cc3c(=O)c2OCC(=O)c2cccc3ccccc23)cc1. The number of carbonyl (C=O) groups excluding carboxylic acids is 1. The van der Waals surface area contributed by atoms with Crippen LogP contribution in [0, 0.1) is 13.8 Å². The smallest absolute Gasteiger partial charge is 0.235 e. The summed E-state index contributed by atoms with van der Waals surface area (Å²) in [7, 11) is 1.59. The molecule has 0 fully saturated rings. The Morgan fingerprint density at radius 3 is 2.40 bits per heavy atom. The highest BCUT2D eigenvalue weighted by molar-refractivity contribution is 6.08. The lowest BCUT2D eigenvalue weighted by atomic mass is 10.0. The van der Waals surface area contributed by atoms with Crippen LogP contribution in [0.3, 0.4) is 0 Å². The van der Waals surface area contributed by atoms with Crippen molar-refractivity contribution in [3.05, 3.63) is 106 Å². The Labute approximate surface area is 202 Å². The van der Waals surface area contributed by atoms with E-state index in [2.05, 4.69) is 0 Å². The lowest BCUT2D eigenvalue weighted by Gasteiger charge is -2.13. The highest BCUT2D eigenvalue weighted by Gasteiger charge is 2.21. The number of aryl methyl sites for hydroxylation is 2. The van der Waals surface area contributed by atoms with E-state index in [1.165, 1.54) is 0 Å². The first-order chi connectivity index (χ1) is 17.0. The van der Waals surface area contributed by atoms with Gasteiger partial charge in [0.2, 0.25) is 17.0 Å². The second-order valence-electron chi connectivity index (χ2n) is 8.52. The van der Waals surface area contributed by atoms with Gasteiger partial charge in [0.15, 0.2) is 12.4 Å². The largest absolute Gasteiger partial charge is 0.497 e. The Kier molecular flexibility index (Phi) is 5.83. The molecule has 0 aliphatic rings. The Hall–Kier alpha value is -4.38. The zero-order valence-electron chi connectivity index (χ0n) is 19.8. The maximum absolute atomic E-state index is 13.6. The Morgan fingerprint density at radius 2 is 1.63 bits per heavy atom. The third-order valence-electron chi connectivity index (χ3n) is 6.07. The zero-order valence-corrected chi connectivity index (χ0v) is 19.8. The molecule has 0 unspecified atom stereocenters. The molecule has 1 heterocycles. The quantitative estimate of drug-likeness (QED) is 0.268. The second-order valence-corrected chi connectivity index (χ2v) is 8.52. The van der Waals surface area contributed by atoms with Gasteiger partial charge in [0, 0.05) is 11.1 Å². The minimum atomic E-state index is -0.311. The number of methoxy groups -OCH3 is 1. The molecule has 0 amide bonds. The first-order valence-electron chi connectivity index (χ1n) is 11.3. The Morgan fingerprint density at radius 1 is 0.886 bits per heavy atom. The van der Waals surface area contributed by atoms with Crippen molar-refractivity contribution in [3.8, 4) is 22.8 Å². The molecule has 0 atom stereocenters. The molecule has 0 radical (unpaired) electrons. The van der Waals surface area contributed by atoms with Gasteiger partial charge < -0.3 is 13.9 Å². The van der Waals surface area contributed by atoms with E-state index in [9.17, 15) is 9.59 Å². The minimum Gasteiger partial charge on any atom is -0.497 e. The number of Topliss-reactive ketones (excluding diaryl/α,β-unsaturated/α-hetero) is 1. The van der Waals surface area contributed by atoms with Crippen LogP contribution in [0.2, 0.25) is 0 Å². The molecule has 1 aromatic heterocycles. The highest BCUT2D eigenvalue weighted by atomic mass is 16.5. The van der Waals surface area contributed by atoms with Gasteiger partial charge in [0.25, 0.3) is 0 Å². The molecular formula is C30H24O5. The fraction of sp³-hybridized carbons (Fsp3) is 0.133. The van der Waals surface area contributed by atoms with E-state index in [0.717, 1.165) is 21.9 Å². The van der Waals surface area contributed by atoms with E-state index in [1.54, 1.807) is 43.5 Å². The van der Waals surface area contributed by atoms with Gasteiger partial charge in [-0.15, -0.1) is 0 Å². The van der Waals surface area contributed by atoms with E-state index in [0.29, 0.717) is 27.8 Å². The van der Waals surface area contributed by atoms with E-state index in [1.807, 2.05) is 56.3 Å². The van der Waals surface area contributed by atoms with E-state index in [4.69, 9.17) is 13.9 Å². The number of fused-ring (bicyclic) bond motifs is 2. The van der Waals surface area contributed by atoms with Crippen molar-refractivity contribution in [2.45, 2.75) is 13.8 Å². The van der Waals surface area contributed by atoms with Gasteiger partial charge >= 0.3 is 0 Å². The third kappa shape index (κ3) is 4.17. The molecule has 0 spiro atoms. The van der Waals surface area contributed by atoms with Crippen LogP contribution in [0.25, 0.3) is 33.1 Å². The number of hydrogen-bond acceptors (Lipinski definition) is 5. The number of carbonyl (C=O) groups is 1. The molecule has 0 bridgehead atoms. The lowest BCUT2D eigenvalue weighted by molar-refractivity contribution is 0.0922. The van der Waals surface area contributed by atoms with Gasteiger partial charge in [-0.05, 0) is 66.1 Å². The minimum absolute atomic E-state index is 0.0150. The van der Waals surface area contributed by atoms with Crippen LogP contribution >= 0.6 is 0 Å². The number of ether oxygens (including phenoxy) is 2. The molecule has 0 aliphatic heterocycles. The molecule has 5 heteroatoms. The normalized spacial score (nSPS) is 11.1. The molecule has 5 nitrogen and oxygen atoms in total. The summed E-state index contributed by atoms with van der Waals surface area (Å²) in [6, 6.07) is 24.2. The van der Waals surface area contributed by atoms with Crippen molar-refractivity contribution in [3.63, 3.8) is 0 Å². The summed E-state index contributed by atoms with van der Waals surface area (Å²) >= 11 is 0. The third-order valence-corrected chi connectivity index (χ3v) is 6.07. The molecule has 0 N–H and O–H groups in total. The fourth-order valence-electron chi connectivity index (χ4n) is 4.38. The Balaban J connectivity index is 1.60. The van der Waals surface area contributed by atoms with Crippen molar-refractivity contribution >= 4 is 27.5 Å². The molecule has 5 aromatic rings. The van der Waals surface area contributed by atoms with Crippen molar-refractivity contribution in [2.24, 2.45) is 0 Å². The van der Waals surface area contributed by atoms with Gasteiger partial charge in [-0.3, -0.25) is 9.59 Å². The summed E-state index contributed by atoms with van der Waals surface area (Å²) in [5, 5.41) is 2.23. The average molecular weight is 465 g/mol. The van der Waals surface area contributed by atoms with Crippen LogP contribution in [0.1, 0.15) is 21.5 Å². The predicted octanol–water partition coefficient (Wildman–Crippen LogP) is 6.50. The van der Waals surface area contributed by atoms with Crippen molar-refractivity contribution < 1.29 is 18.7 Å². The lowest BCUT2D eigenvalue weighted by Crippen LogP contribution is -2.17. The van der Waals surface area contributed by atoms with Crippen LogP contribution in [0.15, 0.2) is 88.1 Å². The van der Waals surface area contributed by atoms with Crippen molar-refractivity contribution in [2.75, 3.05) is 13.7 Å². The molecule has 4 aromatic carbocycles. The van der Waals surface area contributed by atoms with Crippen LogP contribution in [-0.2, 0) is 0 Å².